The number of benzene rings is 1. The quantitative estimate of drug-likeness (QED) is 0.648. The molecule has 1 aromatic heterocycles. The summed E-state index contributed by atoms with van der Waals surface area (Å²) < 4.78 is 1.96. The number of hydrogen-bond acceptors (Lipinski definition) is 4. The summed E-state index contributed by atoms with van der Waals surface area (Å²) in [6.45, 7) is 5.39. The summed E-state index contributed by atoms with van der Waals surface area (Å²) in [5, 5.41) is 18.3. The molecule has 0 bridgehead atoms. The summed E-state index contributed by atoms with van der Waals surface area (Å²) in [5.41, 5.74) is 2.77. The van der Waals surface area contributed by atoms with E-state index in [2.05, 4.69) is 17.3 Å². The van der Waals surface area contributed by atoms with Gasteiger partial charge in [-0.25, -0.2) is 0 Å². The van der Waals surface area contributed by atoms with Crippen LogP contribution in [-0.2, 0) is 13.1 Å². The number of aromatic nitrogens is 2. The van der Waals surface area contributed by atoms with Crippen LogP contribution in [0.4, 0.5) is 11.4 Å². The van der Waals surface area contributed by atoms with E-state index in [1.165, 1.54) is 6.07 Å². The number of nitro benzene ring substituents is 1. The minimum atomic E-state index is -0.366. The van der Waals surface area contributed by atoms with Crippen LogP contribution in [0.5, 0.6) is 0 Å². The molecular formula is C14H18N4O2. The Morgan fingerprint density at radius 3 is 2.85 bits per heavy atom. The monoisotopic (exact) mass is 274 g/mol. The van der Waals surface area contributed by atoms with Crippen LogP contribution in [0.25, 0.3) is 0 Å². The van der Waals surface area contributed by atoms with Gasteiger partial charge >= 0.3 is 0 Å². The van der Waals surface area contributed by atoms with Gasteiger partial charge < -0.3 is 5.32 Å². The standard InChI is InChI=1S/C14H18N4O2/c1-3-8-17-13(6-7-16-17)10-15-12-4-5-14(18(19)20)11(2)9-12/h4-7,9,15H,3,8,10H2,1-2H3. The Balaban J connectivity index is 2.05. The topological polar surface area (TPSA) is 73.0 Å². The van der Waals surface area contributed by atoms with Crippen molar-refractivity contribution in [1.29, 1.82) is 0 Å². The van der Waals surface area contributed by atoms with Gasteiger partial charge in [0.25, 0.3) is 5.69 Å². The van der Waals surface area contributed by atoms with E-state index in [-0.39, 0.29) is 10.6 Å². The van der Waals surface area contributed by atoms with E-state index in [1.807, 2.05) is 10.7 Å². The largest absolute Gasteiger partial charge is 0.379 e. The highest BCUT2D eigenvalue weighted by molar-refractivity contribution is 5.53. The fourth-order valence-electron chi connectivity index (χ4n) is 2.09. The Hall–Kier alpha value is -2.37. The molecule has 0 saturated heterocycles. The molecule has 0 aliphatic rings. The van der Waals surface area contributed by atoms with E-state index in [0.29, 0.717) is 12.1 Å². The van der Waals surface area contributed by atoms with E-state index in [1.54, 1.807) is 25.3 Å². The van der Waals surface area contributed by atoms with Gasteiger partial charge in [0, 0.05) is 30.1 Å². The van der Waals surface area contributed by atoms with Crippen LogP contribution in [0, 0.1) is 17.0 Å². The fourth-order valence-corrected chi connectivity index (χ4v) is 2.09. The van der Waals surface area contributed by atoms with Crippen LogP contribution in [0.2, 0.25) is 0 Å². The zero-order valence-corrected chi connectivity index (χ0v) is 11.7. The van der Waals surface area contributed by atoms with Crippen molar-refractivity contribution < 1.29 is 4.92 Å². The van der Waals surface area contributed by atoms with Gasteiger partial charge in [-0.3, -0.25) is 14.8 Å². The van der Waals surface area contributed by atoms with Crippen LogP contribution < -0.4 is 5.32 Å². The number of rotatable bonds is 6. The number of hydrogen-bond donors (Lipinski definition) is 1. The molecule has 6 heteroatoms. The van der Waals surface area contributed by atoms with Crippen LogP contribution in [0.3, 0.4) is 0 Å². The minimum absolute atomic E-state index is 0.145. The molecule has 0 amide bonds. The summed E-state index contributed by atoms with van der Waals surface area (Å²) in [6, 6.07) is 7.02. The van der Waals surface area contributed by atoms with Crippen molar-refractivity contribution >= 4 is 11.4 Å². The van der Waals surface area contributed by atoms with Crippen LogP contribution in [0.1, 0.15) is 24.6 Å². The molecule has 0 saturated carbocycles. The molecule has 0 spiro atoms. The number of aryl methyl sites for hydroxylation is 2. The number of nitro groups is 1. The second-order valence-corrected chi connectivity index (χ2v) is 4.66. The first kappa shape index (κ1) is 14.0. The third-order valence-electron chi connectivity index (χ3n) is 3.11. The summed E-state index contributed by atoms with van der Waals surface area (Å²) in [4.78, 5) is 10.4. The molecule has 2 aromatic rings. The molecule has 0 aliphatic carbocycles. The second-order valence-electron chi connectivity index (χ2n) is 4.66. The average molecular weight is 274 g/mol. The Kier molecular flexibility index (Phi) is 4.34. The summed E-state index contributed by atoms with van der Waals surface area (Å²) in [6.07, 6.45) is 2.82. The zero-order valence-electron chi connectivity index (χ0n) is 11.7. The maximum absolute atomic E-state index is 10.8. The smallest absolute Gasteiger partial charge is 0.272 e. The normalized spacial score (nSPS) is 10.5. The molecule has 0 fully saturated rings. The third kappa shape index (κ3) is 3.14. The summed E-state index contributed by atoms with van der Waals surface area (Å²) in [7, 11) is 0. The Labute approximate surface area is 117 Å². The van der Waals surface area contributed by atoms with Gasteiger partial charge in [-0.15, -0.1) is 0 Å². The van der Waals surface area contributed by atoms with E-state index < -0.39 is 0 Å². The third-order valence-corrected chi connectivity index (χ3v) is 3.11. The predicted molar refractivity (Wildman–Crippen MR) is 77.7 cm³/mol. The van der Waals surface area contributed by atoms with E-state index in [9.17, 15) is 10.1 Å². The lowest BCUT2D eigenvalue weighted by atomic mass is 10.2. The van der Waals surface area contributed by atoms with Gasteiger partial charge in [-0.05, 0) is 31.5 Å². The zero-order chi connectivity index (χ0) is 14.5. The van der Waals surface area contributed by atoms with E-state index in [4.69, 9.17) is 0 Å². The Bertz CT molecular complexity index is 607. The molecule has 0 aliphatic heterocycles. The van der Waals surface area contributed by atoms with Crippen LogP contribution in [-0.4, -0.2) is 14.7 Å². The molecule has 0 unspecified atom stereocenters. The lowest BCUT2D eigenvalue weighted by Crippen LogP contribution is -2.09. The molecule has 106 valence electrons. The number of anilines is 1. The number of nitrogens with one attached hydrogen (secondary N) is 1. The molecule has 0 atom stereocenters. The molecule has 2 rings (SSSR count). The summed E-state index contributed by atoms with van der Waals surface area (Å²) >= 11 is 0. The highest BCUT2D eigenvalue weighted by Gasteiger charge is 2.10. The molecule has 0 radical (unpaired) electrons. The van der Waals surface area contributed by atoms with Crippen molar-refractivity contribution in [2.75, 3.05) is 5.32 Å². The van der Waals surface area contributed by atoms with Gasteiger partial charge in [0.05, 0.1) is 17.2 Å². The highest BCUT2D eigenvalue weighted by Crippen LogP contribution is 2.21. The lowest BCUT2D eigenvalue weighted by molar-refractivity contribution is -0.385. The lowest BCUT2D eigenvalue weighted by Gasteiger charge is -2.09. The predicted octanol–water partition coefficient (Wildman–Crippen LogP) is 3.12. The van der Waals surface area contributed by atoms with Crippen molar-refractivity contribution in [3.05, 3.63) is 51.8 Å². The van der Waals surface area contributed by atoms with Crippen LogP contribution >= 0.6 is 0 Å². The maximum Gasteiger partial charge on any atom is 0.272 e. The van der Waals surface area contributed by atoms with Crippen molar-refractivity contribution in [3.63, 3.8) is 0 Å². The Morgan fingerprint density at radius 1 is 1.40 bits per heavy atom. The second kappa shape index (κ2) is 6.18. The van der Waals surface area contributed by atoms with E-state index in [0.717, 1.165) is 24.3 Å². The van der Waals surface area contributed by atoms with Gasteiger partial charge in [0.2, 0.25) is 0 Å². The SMILES string of the molecule is CCCn1nccc1CNc1ccc([N+](=O)[O-])c(C)c1. The maximum atomic E-state index is 10.8. The molecule has 6 nitrogen and oxygen atoms in total. The van der Waals surface area contributed by atoms with Gasteiger partial charge in [0.15, 0.2) is 0 Å². The van der Waals surface area contributed by atoms with Crippen molar-refractivity contribution in [3.8, 4) is 0 Å². The van der Waals surface area contributed by atoms with Crippen LogP contribution in [0.15, 0.2) is 30.5 Å². The van der Waals surface area contributed by atoms with Gasteiger partial charge in [-0.1, -0.05) is 6.92 Å². The first-order valence-corrected chi connectivity index (χ1v) is 6.61. The fraction of sp³-hybridized carbons (Fsp3) is 0.357. The van der Waals surface area contributed by atoms with Gasteiger partial charge in [0.1, 0.15) is 0 Å². The van der Waals surface area contributed by atoms with E-state index >= 15 is 0 Å². The molecular weight excluding hydrogens is 256 g/mol. The minimum Gasteiger partial charge on any atom is -0.379 e. The Morgan fingerprint density at radius 2 is 2.20 bits per heavy atom. The molecule has 20 heavy (non-hydrogen) atoms. The van der Waals surface area contributed by atoms with Crippen molar-refractivity contribution in [2.45, 2.75) is 33.4 Å². The number of nitrogens with zero attached hydrogens (tertiary/aromatic N) is 3. The molecule has 1 aromatic carbocycles. The average Bonchev–Trinajstić information content (AvgIpc) is 2.84. The first-order valence-electron chi connectivity index (χ1n) is 6.61. The molecule has 1 heterocycles. The molecule has 1 N–H and O–H groups in total. The first-order chi connectivity index (χ1) is 9.61. The van der Waals surface area contributed by atoms with Crippen molar-refractivity contribution in [1.82, 2.24) is 9.78 Å². The summed E-state index contributed by atoms with van der Waals surface area (Å²) in [5.74, 6) is 0. The van der Waals surface area contributed by atoms with Gasteiger partial charge in [-0.2, -0.15) is 5.10 Å². The van der Waals surface area contributed by atoms with Crippen molar-refractivity contribution in [2.24, 2.45) is 0 Å². The highest BCUT2D eigenvalue weighted by atomic mass is 16.6.